The van der Waals surface area contributed by atoms with Crippen LogP contribution in [0.3, 0.4) is 0 Å². The molecule has 0 atom stereocenters. The number of nitrogens with zero attached hydrogens (tertiary/aromatic N) is 1. The van der Waals surface area contributed by atoms with Gasteiger partial charge in [0.05, 0.1) is 26.5 Å². The van der Waals surface area contributed by atoms with Gasteiger partial charge in [-0.1, -0.05) is 0 Å². The highest BCUT2D eigenvalue weighted by atomic mass is 32.1. The second kappa shape index (κ2) is 7.05. The summed E-state index contributed by atoms with van der Waals surface area (Å²) >= 11 is 1.36. The molecule has 1 aromatic heterocycles. The van der Waals surface area contributed by atoms with Gasteiger partial charge in [-0.05, 0) is 25.2 Å². The number of hydrogen-bond acceptors (Lipinski definition) is 6. The normalized spacial score (nSPS) is 10.2. The Labute approximate surface area is 127 Å². The molecule has 0 spiro atoms. The number of thiazole rings is 1. The van der Waals surface area contributed by atoms with E-state index >= 15 is 0 Å². The van der Waals surface area contributed by atoms with Crippen molar-refractivity contribution in [3.63, 3.8) is 0 Å². The van der Waals surface area contributed by atoms with Crippen molar-refractivity contribution in [3.05, 3.63) is 23.6 Å². The predicted octanol–water partition coefficient (Wildman–Crippen LogP) is 1.99. The van der Waals surface area contributed by atoms with Crippen molar-refractivity contribution in [2.75, 3.05) is 33.1 Å². The molecule has 0 aliphatic carbocycles. The molecule has 0 unspecified atom stereocenters. The van der Waals surface area contributed by atoms with E-state index in [1.165, 1.54) is 11.3 Å². The average Bonchev–Trinajstić information content (AvgIpc) is 2.95. The van der Waals surface area contributed by atoms with Crippen LogP contribution in [0.15, 0.2) is 23.6 Å². The van der Waals surface area contributed by atoms with Crippen LogP contribution in [-0.2, 0) is 4.79 Å². The van der Waals surface area contributed by atoms with Gasteiger partial charge in [-0.15, -0.1) is 11.3 Å². The maximum Gasteiger partial charge on any atom is 0.240 e. The van der Waals surface area contributed by atoms with Gasteiger partial charge in [-0.2, -0.15) is 0 Å². The SMILES string of the molecule is CNCC(=O)Nc1nc(-c2cc(OC)ccc2OC)cs1. The van der Waals surface area contributed by atoms with Crippen molar-refractivity contribution in [1.29, 1.82) is 0 Å². The number of amides is 1. The Morgan fingerprint density at radius 1 is 1.33 bits per heavy atom. The fraction of sp³-hybridized carbons (Fsp3) is 0.286. The molecule has 0 aliphatic heterocycles. The first-order valence-electron chi connectivity index (χ1n) is 6.30. The van der Waals surface area contributed by atoms with Gasteiger partial charge in [0.2, 0.25) is 5.91 Å². The monoisotopic (exact) mass is 307 g/mol. The van der Waals surface area contributed by atoms with E-state index in [9.17, 15) is 4.79 Å². The van der Waals surface area contributed by atoms with Crippen molar-refractivity contribution in [2.45, 2.75) is 0 Å². The zero-order valence-electron chi connectivity index (χ0n) is 12.1. The topological polar surface area (TPSA) is 72.5 Å². The smallest absolute Gasteiger partial charge is 0.240 e. The highest BCUT2D eigenvalue weighted by Gasteiger charge is 2.12. The van der Waals surface area contributed by atoms with Crippen LogP contribution in [0.4, 0.5) is 5.13 Å². The summed E-state index contributed by atoms with van der Waals surface area (Å²) in [5.41, 5.74) is 1.55. The van der Waals surface area contributed by atoms with Gasteiger partial charge in [0.15, 0.2) is 5.13 Å². The Balaban J connectivity index is 2.26. The standard InChI is InChI=1S/C14H17N3O3S/c1-15-7-13(18)17-14-16-11(8-21-14)10-6-9(19-2)4-5-12(10)20-3/h4-6,8,15H,7H2,1-3H3,(H,16,17,18). The fourth-order valence-corrected chi connectivity index (χ4v) is 2.52. The van der Waals surface area contributed by atoms with Crippen LogP contribution >= 0.6 is 11.3 Å². The van der Waals surface area contributed by atoms with E-state index in [0.717, 1.165) is 17.0 Å². The summed E-state index contributed by atoms with van der Waals surface area (Å²) in [5.74, 6) is 1.30. The van der Waals surface area contributed by atoms with Crippen LogP contribution in [0.5, 0.6) is 11.5 Å². The summed E-state index contributed by atoms with van der Waals surface area (Å²) in [4.78, 5) is 15.9. The molecule has 0 fully saturated rings. The van der Waals surface area contributed by atoms with E-state index in [-0.39, 0.29) is 12.5 Å². The van der Waals surface area contributed by atoms with Gasteiger partial charge in [0.1, 0.15) is 11.5 Å². The van der Waals surface area contributed by atoms with Gasteiger partial charge >= 0.3 is 0 Å². The molecule has 7 heteroatoms. The van der Waals surface area contributed by atoms with E-state index in [4.69, 9.17) is 9.47 Å². The first kappa shape index (κ1) is 15.3. The van der Waals surface area contributed by atoms with E-state index < -0.39 is 0 Å². The molecule has 6 nitrogen and oxygen atoms in total. The van der Waals surface area contributed by atoms with E-state index in [0.29, 0.717) is 10.9 Å². The fourth-order valence-electron chi connectivity index (χ4n) is 1.79. The molecule has 0 aliphatic rings. The summed E-state index contributed by atoms with van der Waals surface area (Å²) in [6.45, 7) is 0.247. The molecule has 112 valence electrons. The molecule has 0 bridgehead atoms. The molecule has 1 aromatic carbocycles. The number of likely N-dealkylation sites (N-methyl/N-ethyl adjacent to an activating group) is 1. The largest absolute Gasteiger partial charge is 0.497 e. The summed E-state index contributed by atoms with van der Waals surface area (Å²) in [6.07, 6.45) is 0. The number of ether oxygens (including phenoxy) is 2. The lowest BCUT2D eigenvalue weighted by Crippen LogP contribution is -2.24. The van der Waals surface area contributed by atoms with E-state index in [1.54, 1.807) is 21.3 Å². The van der Waals surface area contributed by atoms with Gasteiger partial charge in [0.25, 0.3) is 0 Å². The molecule has 0 saturated carbocycles. The number of aromatic nitrogens is 1. The van der Waals surface area contributed by atoms with Crippen molar-refractivity contribution < 1.29 is 14.3 Å². The Bertz CT molecular complexity index is 628. The second-order valence-corrected chi connectivity index (χ2v) is 5.04. The van der Waals surface area contributed by atoms with Gasteiger partial charge in [0, 0.05) is 10.9 Å². The molecule has 0 radical (unpaired) electrons. The lowest BCUT2D eigenvalue weighted by molar-refractivity contribution is -0.115. The highest BCUT2D eigenvalue weighted by molar-refractivity contribution is 7.14. The van der Waals surface area contributed by atoms with Crippen LogP contribution in [0.2, 0.25) is 0 Å². The average molecular weight is 307 g/mol. The third-order valence-corrected chi connectivity index (χ3v) is 3.53. The molecule has 2 N–H and O–H groups in total. The van der Waals surface area contributed by atoms with Crippen LogP contribution in [-0.4, -0.2) is 38.7 Å². The van der Waals surface area contributed by atoms with Crippen LogP contribution in [0, 0.1) is 0 Å². The molecule has 2 aromatic rings. The highest BCUT2D eigenvalue weighted by Crippen LogP contribution is 2.34. The Hall–Kier alpha value is -2.12. The van der Waals surface area contributed by atoms with Gasteiger partial charge < -0.3 is 20.1 Å². The zero-order valence-corrected chi connectivity index (χ0v) is 12.9. The molecule has 0 saturated heterocycles. The first-order chi connectivity index (χ1) is 10.2. The van der Waals surface area contributed by atoms with Crippen molar-refractivity contribution in [1.82, 2.24) is 10.3 Å². The Morgan fingerprint density at radius 2 is 2.14 bits per heavy atom. The molecular weight excluding hydrogens is 290 g/mol. The second-order valence-electron chi connectivity index (χ2n) is 4.18. The lowest BCUT2D eigenvalue weighted by atomic mass is 10.1. The summed E-state index contributed by atoms with van der Waals surface area (Å²) in [7, 11) is 4.93. The van der Waals surface area contributed by atoms with Crippen LogP contribution in [0.25, 0.3) is 11.3 Å². The molecule has 21 heavy (non-hydrogen) atoms. The number of benzene rings is 1. The van der Waals surface area contributed by atoms with Crippen LogP contribution < -0.4 is 20.1 Å². The Kier molecular flexibility index (Phi) is 5.13. The third kappa shape index (κ3) is 3.71. The van der Waals surface area contributed by atoms with Crippen molar-refractivity contribution in [2.24, 2.45) is 0 Å². The quantitative estimate of drug-likeness (QED) is 0.854. The molecule has 1 heterocycles. The summed E-state index contributed by atoms with van der Waals surface area (Å²) < 4.78 is 10.6. The zero-order chi connectivity index (χ0) is 15.2. The van der Waals surface area contributed by atoms with E-state index in [1.807, 2.05) is 23.6 Å². The van der Waals surface area contributed by atoms with Gasteiger partial charge in [-0.25, -0.2) is 4.98 Å². The molecule has 2 rings (SSSR count). The maximum absolute atomic E-state index is 11.5. The number of methoxy groups -OCH3 is 2. The molecular formula is C14H17N3O3S. The van der Waals surface area contributed by atoms with E-state index in [2.05, 4.69) is 15.6 Å². The van der Waals surface area contributed by atoms with Gasteiger partial charge in [-0.3, -0.25) is 4.79 Å². The summed E-state index contributed by atoms with van der Waals surface area (Å²) in [5, 5.41) is 7.94. The lowest BCUT2D eigenvalue weighted by Gasteiger charge is -2.08. The number of carbonyl (C=O) groups excluding carboxylic acids is 1. The minimum atomic E-state index is -0.129. The first-order valence-corrected chi connectivity index (χ1v) is 7.18. The minimum absolute atomic E-state index is 0.129. The number of carbonyl (C=O) groups is 1. The predicted molar refractivity (Wildman–Crippen MR) is 83.2 cm³/mol. The van der Waals surface area contributed by atoms with Crippen molar-refractivity contribution >= 4 is 22.4 Å². The number of anilines is 1. The third-order valence-electron chi connectivity index (χ3n) is 2.77. The number of nitrogens with one attached hydrogen (secondary N) is 2. The summed E-state index contributed by atoms with van der Waals surface area (Å²) in [6, 6.07) is 5.50. The minimum Gasteiger partial charge on any atom is -0.497 e. The number of hydrogen-bond donors (Lipinski definition) is 2. The number of rotatable bonds is 6. The Morgan fingerprint density at radius 3 is 2.81 bits per heavy atom. The maximum atomic E-state index is 11.5. The van der Waals surface area contributed by atoms with Crippen LogP contribution in [0.1, 0.15) is 0 Å². The molecule has 1 amide bonds. The van der Waals surface area contributed by atoms with Crippen molar-refractivity contribution in [3.8, 4) is 22.8 Å².